The first kappa shape index (κ1) is 23.4. The van der Waals surface area contributed by atoms with Gasteiger partial charge in [-0.05, 0) is 86.6 Å². The van der Waals surface area contributed by atoms with Gasteiger partial charge in [0.25, 0.3) is 10.1 Å². The van der Waals surface area contributed by atoms with Crippen LogP contribution in [0.3, 0.4) is 0 Å². The van der Waals surface area contributed by atoms with Crippen molar-refractivity contribution in [3.63, 3.8) is 0 Å². The Kier molecular flexibility index (Phi) is 6.67. The zero-order valence-electron chi connectivity index (χ0n) is 19.7. The molecule has 2 fully saturated rings. The number of aryl methyl sites for hydroxylation is 2. The van der Waals surface area contributed by atoms with Gasteiger partial charge < -0.3 is 10.1 Å². The molecule has 1 aliphatic heterocycles. The summed E-state index contributed by atoms with van der Waals surface area (Å²) in [5.41, 5.74) is 5.18. The van der Waals surface area contributed by atoms with E-state index in [9.17, 15) is 13.2 Å². The third-order valence-corrected chi connectivity index (χ3v) is 9.12. The highest BCUT2D eigenvalue weighted by molar-refractivity contribution is 7.86. The molecule has 2 aliphatic carbocycles. The molecule has 0 aromatic heterocycles. The van der Waals surface area contributed by atoms with Crippen LogP contribution in [0.1, 0.15) is 60.3 Å². The van der Waals surface area contributed by atoms with Gasteiger partial charge in [-0.15, -0.1) is 0 Å². The van der Waals surface area contributed by atoms with E-state index < -0.39 is 10.1 Å². The van der Waals surface area contributed by atoms with Gasteiger partial charge in [-0.1, -0.05) is 35.9 Å². The summed E-state index contributed by atoms with van der Waals surface area (Å²) in [4.78, 5) is 11.9. The Morgan fingerprint density at radius 1 is 1.06 bits per heavy atom. The van der Waals surface area contributed by atoms with Gasteiger partial charge >= 0.3 is 6.09 Å². The highest BCUT2D eigenvalue weighted by Crippen LogP contribution is 2.41. The molecule has 3 aliphatic rings. The van der Waals surface area contributed by atoms with Gasteiger partial charge in [-0.2, -0.15) is 8.42 Å². The number of rotatable bonds is 7. The van der Waals surface area contributed by atoms with Gasteiger partial charge in [0, 0.05) is 17.9 Å². The molecule has 5 rings (SSSR count). The Bertz CT molecular complexity index is 1140. The summed E-state index contributed by atoms with van der Waals surface area (Å²) in [6, 6.07) is 13.8. The first-order valence-electron chi connectivity index (χ1n) is 12.4. The molecule has 1 amide bonds. The van der Waals surface area contributed by atoms with Crippen LogP contribution in [0.25, 0.3) is 0 Å². The molecule has 7 heteroatoms. The Morgan fingerprint density at radius 3 is 2.71 bits per heavy atom. The Morgan fingerprint density at radius 2 is 1.88 bits per heavy atom. The predicted octanol–water partition coefficient (Wildman–Crippen LogP) is 4.89. The van der Waals surface area contributed by atoms with Crippen LogP contribution < -0.4 is 5.32 Å². The molecule has 4 atom stereocenters. The van der Waals surface area contributed by atoms with E-state index in [1.54, 1.807) is 24.3 Å². The summed E-state index contributed by atoms with van der Waals surface area (Å²) in [5.74, 6) is 1.34. The number of carbonyl (C=O) groups excluding carboxylic acids is 1. The van der Waals surface area contributed by atoms with Crippen molar-refractivity contribution in [2.75, 3.05) is 13.2 Å². The third kappa shape index (κ3) is 5.01. The van der Waals surface area contributed by atoms with Gasteiger partial charge in [-0.25, -0.2) is 4.79 Å². The van der Waals surface area contributed by atoms with Crippen molar-refractivity contribution < 1.29 is 22.1 Å². The zero-order chi connectivity index (χ0) is 23.7. The van der Waals surface area contributed by atoms with Gasteiger partial charge in [0.1, 0.15) is 0 Å². The maximum absolute atomic E-state index is 12.4. The van der Waals surface area contributed by atoms with Crippen molar-refractivity contribution in [2.45, 2.75) is 68.7 Å². The minimum absolute atomic E-state index is 0.187. The first-order valence-corrected chi connectivity index (χ1v) is 13.8. The summed E-state index contributed by atoms with van der Waals surface area (Å²) in [7, 11) is -3.69. The highest BCUT2D eigenvalue weighted by atomic mass is 32.2. The van der Waals surface area contributed by atoms with Crippen LogP contribution in [-0.2, 0) is 31.9 Å². The fourth-order valence-electron chi connectivity index (χ4n) is 5.86. The normalized spacial score (nSPS) is 26.3. The minimum atomic E-state index is -3.69. The lowest BCUT2D eigenvalue weighted by atomic mass is 9.79. The van der Waals surface area contributed by atoms with Crippen LogP contribution >= 0.6 is 0 Å². The fourth-order valence-corrected chi connectivity index (χ4v) is 6.81. The van der Waals surface area contributed by atoms with Crippen molar-refractivity contribution in [2.24, 2.45) is 11.8 Å². The second kappa shape index (κ2) is 9.70. The molecule has 2 aromatic carbocycles. The Labute approximate surface area is 202 Å². The number of fused-ring (bicyclic) bond motifs is 2. The lowest BCUT2D eigenvalue weighted by molar-refractivity contribution is 0.0878. The first-order chi connectivity index (χ1) is 16.4. The minimum Gasteiger partial charge on any atom is -0.449 e. The van der Waals surface area contributed by atoms with E-state index in [1.165, 1.54) is 16.7 Å². The van der Waals surface area contributed by atoms with Crippen molar-refractivity contribution in [3.05, 3.63) is 64.7 Å². The van der Waals surface area contributed by atoms with Crippen LogP contribution in [0.2, 0.25) is 0 Å². The summed E-state index contributed by atoms with van der Waals surface area (Å²) in [6.07, 6.45) is 6.78. The van der Waals surface area contributed by atoms with E-state index in [0.717, 1.165) is 50.5 Å². The SMILES string of the molecule is Cc1ccc(S(=O)(=O)OCCC[C@H]2CCc3cc([C@H]4CC[C@@H]5COC(=O)NC54)ccc3C2)cc1. The Balaban J connectivity index is 1.13. The summed E-state index contributed by atoms with van der Waals surface area (Å²) < 4.78 is 35.2. The van der Waals surface area contributed by atoms with Gasteiger partial charge in [0.15, 0.2) is 0 Å². The number of hydrogen-bond donors (Lipinski definition) is 1. The van der Waals surface area contributed by atoms with Crippen molar-refractivity contribution >= 4 is 16.2 Å². The summed E-state index contributed by atoms with van der Waals surface area (Å²) in [6.45, 7) is 2.68. The number of ether oxygens (including phenoxy) is 1. The van der Waals surface area contributed by atoms with Crippen molar-refractivity contribution in [3.8, 4) is 0 Å². The van der Waals surface area contributed by atoms with E-state index >= 15 is 0 Å². The molecule has 182 valence electrons. The zero-order valence-corrected chi connectivity index (χ0v) is 20.5. The van der Waals surface area contributed by atoms with Gasteiger partial charge in [0.05, 0.1) is 18.1 Å². The molecule has 1 saturated heterocycles. The van der Waals surface area contributed by atoms with E-state index in [1.807, 2.05) is 6.92 Å². The molecule has 0 radical (unpaired) electrons. The molecule has 1 unspecified atom stereocenters. The lowest BCUT2D eigenvalue weighted by Crippen LogP contribution is -2.47. The van der Waals surface area contributed by atoms with E-state index in [4.69, 9.17) is 8.92 Å². The number of amides is 1. The lowest BCUT2D eigenvalue weighted by Gasteiger charge is -2.31. The second-order valence-corrected chi connectivity index (χ2v) is 11.7. The highest BCUT2D eigenvalue weighted by Gasteiger charge is 2.41. The van der Waals surface area contributed by atoms with Gasteiger partial charge in [0.2, 0.25) is 0 Å². The molecule has 1 N–H and O–H groups in total. The molecule has 34 heavy (non-hydrogen) atoms. The molecular weight excluding hydrogens is 450 g/mol. The number of alkyl carbamates (subject to hydrolysis) is 1. The number of nitrogens with one attached hydrogen (secondary N) is 1. The second-order valence-electron chi connectivity index (χ2n) is 10.1. The van der Waals surface area contributed by atoms with Crippen LogP contribution in [0.5, 0.6) is 0 Å². The van der Waals surface area contributed by atoms with Crippen molar-refractivity contribution in [1.82, 2.24) is 5.32 Å². The molecule has 6 nitrogen and oxygen atoms in total. The van der Waals surface area contributed by atoms with E-state index in [2.05, 4.69) is 23.5 Å². The fraction of sp³-hybridized carbons (Fsp3) is 0.519. The average molecular weight is 484 g/mol. The van der Waals surface area contributed by atoms with Crippen LogP contribution in [0, 0.1) is 18.8 Å². The topological polar surface area (TPSA) is 81.7 Å². The molecule has 2 aromatic rings. The monoisotopic (exact) mass is 483 g/mol. The van der Waals surface area contributed by atoms with Crippen molar-refractivity contribution in [1.29, 1.82) is 0 Å². The largest absolute Gasteiger partial charge is 0.449 e. The van der Waals surface area contributed by atoms with Crippen LogP contribution in [0.4, 0.5) is 4.79 Å². The smallest absolute Gasteiger partial charge is 0.407 e. The predicted molar refractivity (Wildman–Crippen MR) is 129 cm³/mol. The number of carbonyl (C=O) groups is 1. The van der Waals surface area contributed by atoms with Crippen LogP contribution in [0.15, 0.2) is 47.4 Å². The van der Waals surface area contributed by atoms with E-state index in [-0.39, 0.29) is 23.6 Å². The quantitative estimate of drug-likeness (QED) is 0.448. The molecular formula is C27H33NO5S. The number of hydrogen-bond acceptors (Lipinski definition) is 5. The number of cyclic esters (lactones) is 1. The summed E-state index contributed by atoms with van der Waals surface area (Å²) in [5, 5.41) is 3.05. The molecule has 1 heterocycles. The molecule has 0 bridgehead atoms. The van der Waals surface area contributed by atoms with E-state index in [0.29, 0.717) is 24.4 Å². The summed E-state index contributed by atoms with van der Waals surface area (Å²) >= 11 is 0. The maximum Gasteiger partial charge on any atom is 0.407 e. The third-order valence-electron chi connectivity index (χ3n) is 7.80. The Hall–Kier alpha value is -2.38. The van der Waals surface area contributed by atoms with Gasteiger partial charge in [-0.3, -0.25) is 4.18 Å². The number of benzene rings is 2. The standard InChI is InChI=1S/C27H33NO5S/c1-18-4-11-24(12-5-18)34(30,31)33-14-2-3-19-6-7-21-16-22(9-8-20(21)15-19)25-13-10-23-17-32-27(29)28-26(23)25/h4-5,8-9,11-12,16,19,23,25-26H,2-3,6-7,10,13-15,17H2,1H3,(H,28,29)/t19-,23+,25+,26?/m0/s1. The maximum atomic E-state index is 12.4. The average Bonchev–Trinajstić information content (AvgIpc) is 3.25. The molecule has 1 saturated carbocycles. The van der Waals surface area contributed by atoms with Crippen LogP contribution in [-0.4, -0.2) is 33.8 Å². The molecule has 0 spiro atoms.